The maximum Gasteiger partial charge on any atom is 0.313 e. The molecule has 0 aliphatic rings. The Labute approximate surface area is 86.9 Å². The third kappa shape index (κ3) is 11.2. The summed E-state index contributed by atoms with van der Waals surface area (Å²) in [6, 6.07) is 0. The highest BCUT2D eigenvalue weighted by Gasteiger charge is 1.97. The highest BCUT2D eigenvalue weighted by Crippen LogP contribution is 1.96. The quantitative estimate of drug-likeness (QED) is 0.484. The van der Waals surface area contributed by atoms with Gasteiger partial charge in [0.2, 0.25) is 0 Å². The number of nitrogens with one attached hydrogen (secondary N) is 1. The van der Waals surface area contributed by atoms with E-state index in [-0.39, 0.29) is 12.2 Å². The summed E-state index contributed by atoms with van der Waals surface area (Å²) in [7, 11) is 0. The van der Waals surface area contributed by atoms with Crippen molar-refractivity contribution in [3.8, 4) is 0 Å². The molecule has 0 aliphatic heterocycles. The van der Waals surface area contributed by atoms with Crippen LogP contribution in [-0.4, -0.2) is 46.7 Å². The molecule has 0 rings (SSSR count). The lowest BCUT2D eigenvalue weighted by Crippen LogP contribution is -2.19. The Morgan fingerprint density at radius 3 is 2.43 bits per heavy atom. The topological polar surface area (TPSA) is 86.6 Å². The molecule has 14 heavy (non-hydrogen) atoms. The summed E-state index contributed by atoms with van der Waals surface area (Å²) in [5.41, 5.74) is 0. The van der Waals surface area contributed by atoms with Crippen LogP contribution >= 0.6 is 11.8 Å². The molecule has 5 nitrogen and oxygen atoms in total. The van der Waals surface area contributed by atoms with E-state index in [1.165, 1.54) is 11.8 Å². The summed E-state index contributed by atoms with van der Waals surface area (Å²) in [5.74, 6) is -0.733. The van der Waals surface area contributed by atoms with E-state index in [1.54, 1.807) is 0 Å². The molecule has 0 saturated carbocycles. The average Bonchev–Trinajstić information content (AvgIpc) is 2.08. The minimum Gasteiger partial charge on any atom is -0.481 e. The van der Waals surface area contributed by atoms with E-state index in [2.05, 4.69) is 5.32 Å². The molecule has 0 radical (unpaired) electrons. The van der Waals surface area contributed by atoms with Crippen LogP contribution in [0.3, 0.4) is 0 Å². The first-order valence-electron chi connectivity index (χ1n) is 4.35. The predicted molar refractivity (Wildman–Crippen MR) is 54.7 cm³/mol. The van der Waals surface area contributed by atoms with Gasteiger partial charge in [-0.1, -0.05) is 0 Å². The molecule has 3 N–H and O–H groups in total. The van der Waals surface area contributed by atoms with Gasteiger partial charge in [-0.2, -0.15) is 0 Å². The van der Waals surface area contributed by atoms with Gasteiger partial charge in [0.1, 0.15) is 0 Å². The molecule has 0 unspecified atom stereocenters. The Hall–Kier alpha value is -0.750. The van der Waals surface area contributed by atoms with Crippen LogP contribution in [0, 0.1) is 0 Å². The molecule has 0 atom stereocenters. The summed E-state index contributed by atoms with van der Waals surface area (Å²) in [6.45, 7) is 1.39. The lowest BCUT2D eigenvalue weighted by molar-refractivity contribution is -0.137. The number of hydrogen-bond acceptors (Lipinski definition) is 4. The smallest absolute Gasteiger partial charge is 0.313 e. The summed E-state index contributed by atoms with van der Waals surface area (Å²) in [4.78, 5) is 20.2. The zero-order chi connectivity index (χ0) is 10.8. The van der Waals surface area contributed by atoms with E-state index in [4.69, 9.17) is 10.2 Å². The number of carboxylic acid groups (broad SMARTS) is 2. The molecule has 0 aromatic heterocycles. The monoisotopic (exact) mass is 221 g/mol. The van der Waals surface area contributed by atoms with Crippen LogP contribution in [0.15, 0.2) is 0 Å². The van der Waals surface area contributed by atoms with Crippen molar-refractivity contribution >= 4 is 23.7 Å². The van der Waals surface area contributed by atoms with Gasteiger partial charge in [-0.15, -0.1) is 11.8 Å². The average molecular weight is 221 g/mol. The van der Waals surface area contributed by atoms with Crippen LogP contribution < -0.4 is 5.32 Å². The fourth-order valence-corrected chi connectivity index (χ4v) is 1.40. The summed E-state index contributed by atoms with van der Waals surface area (Å²) in [5, 5.41) is 19.7. The van der Waals surface area contributed by atoms with E-state index in [1.807, 2.05) is 0 Å². The van der Waals surface area contributed by atoms with E-state index in [0.717, 1.165) is 12.3 Å². The molecule has 0 aromatic carbocycles. The fraction of sp³-hybridized carbons (Fsp3) is 0.750. The van der Waals surface area contributed by atoms with Crippen molar-refractivity contribution in [1.82, 2.24) is 5.32 Å². The van der Waals surface area contributed by atoms with Crippen LogP contribution in [0.1, 0.15) is 12.8 Å². The van der Waals surface area contributed by atoms with Crippen molar-refractivity contribution in [3.05, 3.63) is 0 Å². The Balaban J connectivity index is 2.99. The zero-order valence-corrected chi connectivity index (χ0v) is 8.68. The molecule has 0 bridgehead atoms. The fourth-order valence-electron chi connectivity index (χ4n) is 0.793. The first-order valence-corrected chi connectivity index (χ1v) is 5.50. The Bertz CT molecular complexity index is 166. The molecule has 0 spiro atoms. The maximum atomic E-state index is 10.1. The predicted octanol–water partition coefficient (Wildman–Crippen LogP) is 0.259. The van der Waals surface area contributed by atoms with Gasteiger partial charge >= 0.3 is 11.9 Å². The number of thioether (sulfide) groups is 1. The van der Waals surface area contributed by atoms with Gasteiger partial charge in [-0.3, -0.25) is 9.59 Å². The third-order valence-electron chi connectivity index (χ3n) is 1.39. The zero-order valence-electron chi connectivity index (χ0n) is 7.86. The number of carboxylic acids is 2. The van der Waals surface area contributed by atoms with Crippen LogP contribution in [-0.2, 0) is 9.59 Å². The SMILES string of the molecule is O=C(O)CCCNCCSCC(=O)O. The molecule has 0 amide bonds. The number of hydrogen-bond donors (Lipinski definition) is 3. The van der Waals surface area contributed by atoms with Gasteiger partial charge in [0, 0.05) is 18.7 Å². The Morgan fingerprint density at radius 2 is 1.86 bits per heavy atom. The molecule has 82 valence electrons. The minimum atomic E-state index is -0.805. The molecule has 0 heterocycles. The van der Waals surface area contributed by atoms with Gasteiger partial charge in [-0.05, 0) is 13.0 Å². The maximum absolute atomic E-state index is 10.1. The van der Waals surface area contributed by atoms with Crippen molar-refractivity contribution < 1.29 is 19.8 Å². The molecular weight excluding hydrogens is 206 g/mol. The number of carbonyl (C=O) groups is 2. The standard InChI is InChI=1S/C8H15NO4S/c10-7(11)2-1-3-9-4-5-14-6-8(12)13/h9H,1-6H2,(H,10,11)(H,12,13). The number of rotatable bonds is 9. The molecule has 6 heteroatoms. The Morgan fingerprint density at radius 1 is 1.14 bits per heavy atom. The second-order valence-corrected chi connectivity index (χ2v) is 3.80. The van der Waals surface area contributed by atoms with Crippen molar-refractivity contribution in [2.24, 2.45) is 0 Å². The van der Waals surface area contributed by atoms with Gasteiger partial charge < -0.3 is 15.5 Å². The minimum absolute atomic E-state index is 0.122. The highest BCUT2D eigenvalue weighted by molar-refractivity contribution is 7.99. The molecule has 0 aliphatic carbocycles. The van der Waals surface area contributed by atoms with Crippen LogP contribution in [0.5, 0.6) is 0 Å². The van der Waals surface area contributed by atoms with E-state index in [0.29, 0.717) is 13.0 Å². The van der Waals surface area contributed by atoms with Crippen molar-refractivity contribution in [3.63, 3.8) is 0 Å². The van der Waals surface area contributed by atoms with Crippen molar-refractivity contribution in [2.45, 2.75) is 12.8 Å². The van der Waals surface area contributed by atoms with E-state index >= 15 is 0 Å². The van der Waals surface area contributed by atoms with Crippen LogP contribution in [0.4, 0.5) is 0 Å². The van der Waals surface area contributed by atoms with Gasteiger partial charge in [0.15, 0.2) is 0 Å². The van der Waals surface area contributed by atoms with Gasteiger partial charge in [0.25, 0.3) is 0 Å². The largest absolute Gasteiger partial charge is 0.481 e. The second kappa shape index (κ2) is 8.83. The number of aliphatic carboxylic acids is 2. The first-order chi connectivity index (χ1) is 6.63. The van der Waals surface area contributed by atoms with E-state index in [9.17, 15) is 9.59 Å². The summed E-state index contributed by atoms with van der Waals surface area (Å²) in [6.07, 6.45) is 0.786. The molecule has 0 aromatic rings. The second-order valence-electron chi connectivity index (χ2n) is 2.69. The lowest BCUT2D eigenvalue weighted by atomic mass is 10.3. The van der Waals surface area contributed by atoms with Crippen LogP contribution in [0.2, 0.25) is 0 Å². The molecule has 0 fully saturated rings. The molecular formula is C8H15NO4S. The summed E-state index contributed by atoms with van der Waals surface area (Å²) < 4.78 is 0. The normalized spacial score (nSPS) is 10.0. The van der Waals surface area contributed by atoms with Crippen LogP contribution in [0.25, 0.3) is 0 Å². The van der Waals surface area contributed by atoms with E-state index < -0.39 is 11.9 Å². The highest BCUT2D eigenvalue weighted by atomic mass is 32.2. The van der Waals surface area contributed by atoms with Gasteiger partial charge in [-0.25, -0.2) is 0 Å². The van der Waals surface area contributed by atoms with Crippen molar-refractivity contribution in [1.29, 1.82) is 0 Å². The Kier molecular flexibility index (Phi) is 8.36. The third-order valence-corrected chi connectivity index (χ3v) is 2.34. The lowest BCUT2D eigenvalue weighted by Gasteiger charge is -2.01. The first kappa shape index (κ1) is 13.2. The van der Waals surface area contributed by atoms with Gasteiger partial charge in [0.05, 0.1) is 5.75 Å². The molecule has 0 saturated heterocycles. The van der Waals surface area contributed by atoms with Crippen molar-refractivity contribution in [2.75, 3.05) is 24.6 Å². The summed E-state index contributed by atoms with van der Waals surface area (Å²) >= 11 is 1.35.